The number of fused-ring (bicyclic) bond motifs is 2. The van der Waals surface area contributed by atoms with Crippen LogP contribution in [0.15, 0.2) is 47.7 Å². The molecule has 0 radical (unpaired) electrons. The van der Waals surface area contributed by atoms with Gasteiger partial charge in [-0.1, -0.05) is 42.5 Å². The Labute approximate surface area is 88.9 Å². The standard InChI is InChI=1S/C14H13N/c15-14-6-5-12-7-10-3-1-2-4-11(10)8-13(12)9-14/h1-4,6-9,12H,5,15H2. The summed E-state index contributed by atoms with van der Waals surface area (Å²) >= 11 is 0. The third kappa shape index (κ3) is 1.40. The van der Waals surface area contributed by atoms with Crippen molar-refractivity contribution in [3.8, 4) is 0 Å². The van der Waals surface area contributed by atoms with E-state index >= 15 is 0 Å². The van der Waals surface area contributed by atoms with Crippen LogP contribution in [0.3, 0.4) is 0 Å². The van der Waals surface area contributed by atoms with Crippen LogP contribution in [0.1, 0.15) is 6.42 Å². The highest BCUT2D eigenvalue weighted by Gasteiger charge is 2.15. The monoisotopic (exact) mass is 195 g/mol. The van der Waals surface area contributed by atoms with Gasteiger partial charge in [0.15, 0.2) is 0 Å². The molecule has 0 aliphatic heterocycles. The van der Waals surface area contributed by atoms with Crippen LogP contribution in [0.4, 0.5) is 0 Å². The van der Waals surface area contributed by atoms with E-state index in [4.69, 9.17) is 5.73 Å². The van der Waals surface area contributed by atoms with Crippen molar-refractivity contribution in [1.29, 1.82) is 0 Å². The van der Waals surface area contributed by atoms with E-state index in [2.05, 4.69) is 48.6 Å². The maximum atomic E-state index is 5.81. The second-order valence-electron chi connectivity index (χ2n) is 4.13. The molecule has 1 heteroatoms. The molecule has 0 heterocycles. The van der Waals surface area contributed by atoms with Crippen molar-refractivity contribution in [2.45, 2.75) is 6.42 Å². The highest BCUT2D eigenvalue weighted by molar-refractivity contribution is 5.61. The van der Waals surface area contributed by atoms with E-state index in [1.807, 2.05) is 0 Å². The van der Waals surface area contributed by atoms with Gasteiger partial charge in [-0.25, -0.2) is 0 Å². The predicted molar refractivity (Wildman–Crippen MR) is 63.1 cm³/mol. The van der Waals surface area contributed by atoms with Crippen LogP contribution in [-0.4, -0.2) is 0 Å². The van der Waals surface area contributed by atoms with Gasteiger partial charge in [0.05, 0.1) is 0 Å². The molecule has 1 aromatic rings. The molecule has 2 N–H and O–H groups in total. The molecule has 74 valence electrons. The van der Waals surface area contributed by atoms with Crippen molar-refractivity contribution < 1.29 is 0 Å². The quantitative estimate of drug-likeness (QED) is 0.658. The summed E-state index contributed by atoms with van der Waals surface area (Å²) in [6.45, 7) is 0. The summed E-state index contributed by atoms with van der Waals surface area (Å²) < 4.78 is 0. The van der Waals surface area contributed by atoms with Crippen LogP contribution in [0.5, 0.6) is 0 Å². The average Bonchev–Trinajstić information content (AvgIpc) is 2.26. The van der Waals surface area contributed by atoms with E-state index in [0.717, 1.165) is 12.1 Å². The molecule has 1 unspecified atom stereocenters. The van der Waals surface area contributed by atoms with Crippen molar-refractivity contribution in [2.75, 3.05) is 0 Å². The smallest absolute Gasteiger partial charge is 0.0276 e. The molecule has 3 rings (SSSR count). The SMILES string of the molecule is NC1=CCC2C=c3ccccc3=CC2=C1. The summed E-state index contributed by atoms with van der Waals surface area (Å²) in [4.78, 5) is 0. The lowest BCUT2D eigenvalue weighted by molar-refractivity contribution is 0.818. The highest BCUT2D eigenvalue weighted by Crippen LogP contribution is 2.25. The van der Waals surface area contributed by atoms with Gasteiger partial charge in [-0.05, 0) is 28.5 Å². The third-order valence-electron chi connectivity index (χ3n) is 3.07. The molecule has 2 aliphatic rings. The van der Waals surface area contributed by atoms with Gasteiger partial charge in [0.2, 0.25) is 0 Å². The Morgan fingerprint density at radius 2 is 1.87 bits per heavy atom. The van der Waals surface area contributed by atoms with Gasteiger partial charge in [0.1, 0.15) is 0 Å². The second-order valence-corrected chi connectivity index (χ2v) is 4.13. The molecule has 1 aromatic carbocycles. The van der Waals surface area contributed by atoms with E-state index in [0.29, 0.717) is 5.92 Å². The van der Waals surface area contributed by atoms with Gasteiger partial charge in [-0.3, -0.25) is 0 Å². The molecule has 0 saturated carbocycles. The lowest BCUT2D eigenvalue weighted by Crippen LogP contribution is -2.30. The zero-order valence-electron chi connectivity index (χ0n) is 8.48. The molecule has 0 amide bonds. The summed E-state index contributed by atoms with van der Waals surface area (Å²) in [5.74, 6) is 0.521. The molecule has 0 bridgehead atoms. The van der Waals surface area contributed by atoms with Crippen molar-refractivity contribution in [2.24, 2.45) is 11.7 Å². The Kier molecular flexibility index (Phi) is 1.78. The second kappa shape index (κ2) is 3.13. The fraction of sp³-hybridized carbons (Fsp3) is 0.143. The van der Waals surface area contributed by atoms with Crippen LogP contribution >= 0.6 is 0 Å². The first-order valence-corrected chi connectivity index (χ1v) is 5.29. The van der Waals surface area contributed by atoms with Crippen LogP contribution in [0, 0.1) is 5.92 Å². The first-order chi connectivity index (χ1) is 7.33. The molecule has 0 saturated heterocycles. The van der Waals surface area contributed by atoms with Gasteiger partial charge < -0.3 is 5.73 Å². The normalized spacial score (nSPS) is 22.5. The Balaban J connectivity index is 2.24. The third-order valence-corrected chi connectivity index (χ3v) is 3.07. The van der Waals surface area contributed by atoms with Gasteiger partial charge in [0, 0.05) is 11.6 Å². The van der Waals surface area contributed by atoms with Crippen molar-refractivity contribution in [3.63, 3.8) is 0 Å². The van der Waals surface area contributed by atoms with Gasteiger partial charge in [-0.2, -0.15) is 0 Å². The molecule has 1 nitrogen and oxygen atoms in total. The largest absolute Gasteiger partial charge is 0.399 e. The maximum absolute atomic E-state index is 5.81. The molecule has 2 aliphatic carbocycles. The lowest BCUT2D eigenvalue weighted by atomic mass is 9.86. The number of hydrogen-bond donors (Lipinski definition) is 1. The number of rotatable bonds is 0. The highest BCUT2D eigenvalue weighted by atomic mass is 14.6. The Hall–Kier alpha value is -1.76. The summed E-state index contributed by atoms with van der Waals surface area (Å²) in [7, 11) is 0. The number of allylic oxidation sites excluding steroid dienone is 3. The van der Waals surface area contributed by atoms with Crippen molar-refractivity contribution >= 4 is 12.2 Å². The van der Waals surface area contributed by atoms with E-state index < -0.39 is 0 Å². The van der Waals surface area contributed by atoms with E-state index in [-0.39, 0.29) is 0 Å². The fourth-order valence-electron chi connectivity index (χ4n) is 2.26. The molecule has 1 atom stereocenters. The van der Waals surface area contributed by atoms with Gasteiger partial charge in [0.25, 0.3) is 0 Å². The molecular formula is C14H13N. The predicted octanol–water partition coefficient (Wildman–Crippen LogP) is 1.05. The molecular weight excluding hydrogens is 182 g/mol. The first kappa shape index (κ1) is 8.54. The Bertz CT molecular complexity index is 576. The minimum absolute atomic E-state index is 0.521. The van der Waals surface area contributed by atoms with Gasteiger partial charge in [-0.15, -0.1) is 0 Å². The minimum Gasteiger partial charge on any atom is -0.399 e. The fourth-order valence-corrected chi connectivity index (χ4v) is 2.26. The van der Waals surface area contributed by atoms with Crippen LogP contribution < -0.4 is 16.2 Å². The van der Waals surface area contributed by atoms with Crippen LogP contribution in [-0.2, 0) is 0 Å². The molecule has 0 aromatic heterocycles. The zero-order chi connectivity index (χ0) is 10.3. The van der Waals surface area contributed by atoms with Crippen molar-refractivity contribution in [3.05, 3.63) is 58.1 Å². The topological polar surface area (TPSA) is 26.0 Å². The minimum atomic E-state index is 0.521. The Morgan fingerprint density at radius 1 is 1.07 bits per heavy atom. The molecule has 15 heavy (non-hydrogen) atoms. The van der Waals surface area contributed by atoms with E-state index in [1.165, 1.54) is 16.0 Å². The number of benzene rings is 1. The maximum Gasteiger partial charge on any atom is 0.0276 e. The zero-order valence-corrected chi connectivity index (χ0v) is 8.48. The summed E-state index contributed by atoms with van der Waals surface area (Å²) in [6.07, 6.45) is 9.81. The number of hydrogen-bond acceptors (Lipinski definition) is 1. The van der Waals surface area contributed by atoms with Crippen LogP contribution in [0.25, 0.3) is 12.2 Å². The Morgan fingerprint density at radius 3 is 2.73 bits per heavy atom. The molecule has 0 fully saturated rings. The van der Waals surface area contributed by atoms with E-state index in [9.17, 15) is 0 Å². The first-order valence-electron chi connectivity index (χ1n) is 5.29. The summed E-state index contributed by atoms with van der Waals surface area (Å²) in [5, 5.41) is 2.64. The van der Waals surface area contributed by atoms with Crippen molar-refractivity contribution in [1.82, 2.24) is 0 Å². The van der Waals surface area contributed by atoms with Crippen LogP contribution in [0.2, 0.25) is 0 Å². The van der Waals surface area contributed by atoms with E-state index in [1.54, 1.807) is 0 Å². The van der Waals surface area contributed by atoms with Gasteiger partial charge >= 0.3 is 0 Å². The summed E-state index contributed by atoms with van der Waals surface area (Å²) in [6, 6.07) is 8.48. The molecule has 0 spiro atoms. The summed E-state index contributed by atoms with van der Waals surface area (Å²) in [5.41, 5.74) is 8.05. The lowest BCUT2D eigenvalue weighted by Gasteiger charge is -2.20. The average molecular weight is 195 g/mol. The number of nitrogens with two attached hydrogens (primary N) is 1.